The van der Waals surface area contributed by atoms with Crippen LogP contribution in [0.25, 0.3) is 0 Å². The predicted molar refractivity (Wildman–Crippen MR) is 40.0 cm³/mol. The molecule has 0 aromatic heterocycles. The van der Waals surface area contributed by atoms with Gasteiger partial charge in [-0.2, -0.15) is 0 Å². The molecule has 2 aliphatic carbocycles. The molecule has 2 heteroatoms. The molecule has 0 saturated heterocycles. The molecule has 0 bridgehead atoms. The fourth-order valence-corrected chi connectivity index (χ4v) is 2.23. The summed E-state index contributed by atoms with van der Waals surface area (Å²) in [5, 5.41) is -0.229. The molecule has 54 valence electrons. The van der Waals surface area contributed by atoms with Crippen LogP contribution in [-0.4, -0.2) is 11.2 Å². The molecule has 3 atom stereocenters. The highest BCUT2D eigenvalue weighted by atomic mass is 35.5. The van der Waals surface area contributed by atoms with Crippen LogP contribution in [0.15, 0.2) is 12.2 Å². The first kappa shape index (κ1) is 6.41. The Morgan fingerprint density at radius 3 is 3.10 bits per heavy atom. The maximum atomic E-state index is 11.1. The van der Waals surface area contributed by atoms with Crippen molar-refractivity contribution in [2.75, 3.05) is 0 Å². The number of hydrogen-bond donors (Lipinski definition) is 0. The zero-order valence-electron chi connectivity index (χ0n) is 5.80. The van der Waals surface area contributed by atoms with Crippen molar-refractivity contribution in [1.29, 1.82) is 0 Å². The van der Waals surface area contributed by atoms with E-state index in [9.17, 15) is 4.79 Å². The molecule has 2 rings (SSSR count). The molecule has 0 aromatic carbocycles. The molecule has 10 heavy (non-hydrogen) atoms. The zero-order valence-corrected chi connectivity index (χ0v) is 6.56. The van der Waals surface area contributed by atoms with E-state index in [1.807, 2.05) is 6.08 Å². The van der Waals surface area contributed by atoms with Crippen molar-refractivity contribution in [1.82, 2.24) is 0 Å². The molecule has 0 heterocycles. The largest absolute Gasteiger partial charge is 0.297 e. The Labute approximate surface area is 65.1 Å². The highest BCUT2D eigenvalue weighted by Crippen LogP contribution is 2.53. The third-order valence-corrected chi connectivity index (χ3v) is 3.45. The Morgan fingerprint density at radius 2 is 2.50 bits per heavy atom. The number of halogens is 1. The molecule has 1 nitrogen and oxygen atoms in total. The summed E-state index contributed by atoms with van der Waals surface area (Å²) in [6.07, 6.45) is 5.02. The van der Waals surface area contributed by atoms with Crippen LogP contribution in [-0.2, 0) is 4.79 Å². The number of Topliss-reactive ketones (excluding diaryl/α,β-unsaturated/α-hetero) is 1. The van der Waals surface area contributed by atoms with Crippen LogP contribution in [0.5, 0.6) is 0 Å². The van der Waals surface area contributed by atoms with Crippen LogP contribution in [0.1, 0.15) is 13.3 Å². The van der Waals surface area contributed by atoms with Crippen molar-refractivity contribution in [2.24, 2.45) is 11.3 Å². The van der Waals surface area contributed by atoms with Crippen molar-refractivity contribution < 1.29 is 4.79 Å². The first-order valence-corrected chi connectivity index (χ1v) is 3.94. The van der Waals surface area contributed by atoms with Gasteiger partial charge in [-0.3, -0.25) is 4.79 Å². The molecule has 0 spiro atoms. The van der Waals surface area contributed by atoms with Gasteiger partial charge in [-0.25, -0.2) is 0 Å². The normalized spacial score (nSPS) is 50.8. The molecule has 0 N–H and O–H groups in total. The van der Waals surface area contributed by atoms with Crippen molar-refractivity contribution in [3.8, 4) is 0 Å². The fourth-order valence-electron chi connectivity index (χ4n) is 1.87. The zero-order chi connectivity index (χ0) is 7.35. The van der Waals surface area contributed by atoms with Crippen LogP contribution in [0, 0.1) is 11.3 Å². The monoisotopic (exact) mass is 156 g/mol. The van der Waals surface area contributed by atoms with E-state index < -0.39 is 0 Å². The second-order valence-corrected chi connectivity index (χ2v) is 3.82. The highest BCUT2D eigenvalue weighted by Gasteiger charge is 2.58. The number of ketones is 1. The van der Waals surface area contributed by atoms with E-state index in [4.69, 9.17) is 11.6 Å². The Morgan fingerprint density at radius 1 is 1.80 bits per heavy atom. The van der Waals surface area contributed by atoms with Gasteiger partial charge in [-0.15, -0.1) is 11.6 Å². The number of rotatable bonds is 0. The summed E-state index contributed by atoms with van der Waals surface area (Å²) < 4.78 is 0. The van der Waals surface area contributed by atoms with E-state index in [-0.39, 0.29) is 22.5 Å². The molecule has 0 aliphatic heterocycles. The number of carbonyl (C=O) groups excluding carboxylic acids is 1. The van der Waals surface area contributed by atoms with Crippen molar-refractivity contribution in [3.63, 3.8) is 0 Å². The molecule has 1 fully saturated rings. The van der Waals surface area contributed by atoms with Crippen LogP contribution >= 0.6 is 11.6 Å². The summed E-state index contributed by atoms with van der Waals surface area (Å²) >= 11 is 5.85. The molecule has 0 amide bonds. The molecule has 0 radical (unpaired) electrons. The lowest BCUT2D eigenvalue weighted by atomic mass is 9.61. The Balaban J connectivity index is 2.32. The standard InChI is InChI=1S/C8H9ClO/c1-8-4-2-3-5(8)6(10)7(8)9/h2-3,5,7H,4H2,1H3. The Kier molecular flexibility index (Phi) is 1.06. The summed E-state index contributed by atoms with van der Waals surface area (Å²) in [5.74, 6) is 0.341. The van der Waals surface area contributed by atoms with E-state index in [1.54, 1.807) is 0 Å². The molecule has 2 aliphatic rings. The minimum absolute atomic E-state index is 0.0681. The number of alkyl halides is 1. The van der Waals surface area contributed by atoms with Gasteiger partial charge in [0.05, 0.1) is 5.38 Å². The van der Waals surface area contributed by atoms with Crippen LogP contribution in [0.3, 0.4) is 0 Å². The number of fused-ring (bicyclic) bond motifs is 1. The quantitative estimate of drug-likeness (QED) is 0.386. The summed E-state index contributed by atoms with van der Waals surface area (Å²) in [4.78, 5) is 11.1. The topological polar surface area (TPSA) is 17.1 Å². The highest BCUT2D eigenvalue weighted by molar-refractivity contribution is 6.35. The van der Waals surface area contributed by atoms with Gasteiger partial charge in [-0.1, -0.05) is 19.1 Å². The first-order valence-electron chi connectivity index (χ1n) is 3.51. The lowest BCUT2D eigenvalue weighted by Crippen LogP contribution is -2.54. The number of allylic oxidation sites excluding steroid dienone is 2. The first-order chi connectivity index (χ1) is 4.66. The van der Waals surface area contributed by atoms with Crippen molar-refractivity contribution in [2.45, 2.75) is 18.7 Å². The number of carbonyl (C=O) groups is 1. The second kappa shape index (κ2) is 1.65. The molecular formula is C8H9ClO. The van der Waals surface area contributed by atoms with Crippen LogP contribution in [0.2, 0.25) is 0 Å². The van der Waals surface area contributed by atoms with Gasteiger partial charge in [-0.05, 0) is 6.42 Å². The second-order valence-electron chi connectivity index (χ2n) is 3.38. The number of hydrogen-bond acceptors (Lipinski definition) is 1. The average molecular weight is 157 g/mol. The minimum Gasteiger partial charge on any atom is -0.297 e. The maximum Gasteiger partial charge on any atom is 0.158 e. The SMILES string of the molecule is CC12CC=CC1C(=O)C2Cl. The van der Waals surface area contributed by atoms with Gasteiger partial charge in [0, 0.05) is 11.3 Å². The lowest BCUT2D eigenvalue weighted by molar-refractivity contribution is -0.135. The maximum absolute atomic E-state index is 11.1. The lowest BCUT2D eigenvalue weighted by Gasteiger charge is -2.44. The van der Waals surface area contributed by atoms with Gasteiger partial charge >= 0.3 is 0 Å². The predicted octanol–water partition coefficient (Wildman–Crippen LogP) is 1.76. The van der Waals surface area contributed by atoms with Crippen LogP contribution < -0.4 is 0 Å². The molecular weight excluding hydrogens is 148 g/mol. The Bertz CT molecular complexity index is 221. The van der Waals surface area contributed by atoms with Crippen molar-refractivity contribution >= 4 is 17.4 Å². The summed E-state index contributed by atoms with van der Waals surface area (Å²) in [7, 11) is 0. The molecule has 0 aromatic rings. The summed E-state index contributed by atoms with van der Waals surface area (Å²) in [6.45, 7) is 2.08. The molecule has 1 saturated carbocycles. The summed E-state index contributed by atoms with van der Waals surface area (Å²) in [6, 6.07) is 0. The van der Waals surface area contributed by atoms with E-state index in [1.165, 1.54) is 0 Å². The van der Waals surface area contributed by atoms with E-state index in [0.29, 0.717) is 0 Å². The summed E-state index contributed by atoms with van der Waals surface area (Å²) in [5.41, 5.74) is 0.0681. The fraction of sp³-hybridized carbons (Fsp3) is 0.625. The van der Waals surface area contributed by atoms with E-state index in [0.717, 1.165) is 6.42 Å². The van der Waals surface area contributed by atoms with Crippen LogP contribution in [0.4, 0.5) is 0 Å². The van der Waals surface area contributed by atoms with E-state index >= 15 is 0 Å². The smallest absolute Gasteiger partial charge is 0.158 e. The average Bonchev–Trinajstić information content (AvgIpc) is 2.28. The third kappa shape index (κ3) is 0.485. The van der Waals surface area contributed by atoms with Gasteiger partial charge in [0.25, 0.3) is 0 Å². The Hall–Kier alpha value is -0.300. The van der Waals surface area contributed by atoms with Crippen molar-refractivity contribution in [3.05, 3.63) is 12.2 Å². The van der Waals surface area contributed by atoms with Gasteiger partial charge in [0.2, 0.25) is 0 Å². The van der Waals surface area contributed by atoms with Gasteiger partial charge in [0.15, 0.2) is 5.78 Å². The third-order valence-electron chi connectivity index (χ3n) is 2.73. The molecule has 3 unspecified atom stereocenters. The van der Waals surface area contributed by atoms with Gasteiger partial charge < -0.3 is 0 Å². The van der Waals surface area contributed by atoms with E-state index in [2.05, 4.69) is 13.0 Å². The van der Waals surface area contributed by atoms with Gasteiger partial charge in [0.1, 0.15) is 0 Å². The minimum atomic E-state index is -0.229.